The Bertz CT molecular complexity index is 918. The standard InChI is InChI=1S/C16H11BrF2N2O2/c1-23-11-8-6-10(7-9-11)21-14(22)12-4-2-3-5-13(12)20-15(21)16(17,18)19/h2-9H,1H3. The SMILES string of the molecule is COc1ccc(-n2c(C(F)(F)Br)nc3ccccc3c2=O)cc1. The van der Waals surface area contributed by atoms with Crippen molar-refractivity contribution in [1.82, 2.24) is 9.55 Å². The number of ether oxygens (including phenoxy) is 1. The second-order valence-corrected chi connectivity index (χ2v) is 5.78. The second kappa shape index (κ2) is 5.73. The highest BCUT2D eigenvalue weighted by molar-refractivity contribution is 9.09. The number of fused-ring (bicyclic) bond motifs is 1. The van der Waals surface area contributed by atoms with Crippen molar-refractivity contribution in [2.24, 2.45) is 0 Å². The van der Waals surface area contributed by atoms with Crippen molar-refractivity contribution in [2.75, 3.05) is 7.11 Å². The zero-order chi connectivity index (χ0) is 16.6. The third kappa shape index (κ3) is 2.84. The van der Waals surface area contributed by atoms with Gasteiger partial charge in [0.05, 0.1) is 23.7 Å². The molecule has 0 radical (unpaired) electrons. The van der Waals surface area contributed by atoms with Crippen LogP contribution in [0.25, 0.3) is 16.6 Å². The minimum absolute atomic E-state index is 0.219. The van der Waals surface area contributed by atoms with Crippen LogP contribution in [0.2, 0.25) is 0 Å². The van der Waals surface area contributed by atoms with Crippen molar-refractivity contribution >= 4 is 26.8 Å². The van der Waals surface area contributed by atoms with E-state index in [9.17, 15) is 13.6 Å². The van der Waals surface area contributed by atoms with Crippen LogP contribution >= 0.6 is 15.9 Å². The molecule has 0 aliphatic rings. The lowest BCUT2D eigenvalue weighted by Gasteiger charge is -2.17. The summed E-state index contributed by atoms with van der Waals surface area (Å²) in [6.07, 6.45) is 0. The van der Waals surface area contributed by atoms with Crippen molar-refractivity contribution in [3.63, 3.8) is 0 Å². The number of hydrogen-bond acceptors (Lipinski definition) is 3. The molecule has 0 N–H and O–H groups in total. The zero-order valence-corrected chi connectivity index (χ0v) is 13.5. The Labute approximate surface area is 138 Å². The average Bonchev–Trinajstić information content (AvgIpc) is 2.54. The summed E-state index contributed by atoms with van der Waals surface area (Å²) in [5, 5.41) is 0.267. The van der Waals surface area contributed by atoms with Crippen molar-refractivity contribution in [3.05, 3.63) is 64.7 Å². The highest BCUT2D eigenvalue weighted by Crippen LogP contribution is 2.34. The molecule has 23 heavy (non-hydrogen) atoms. The maximum absolute atomic E-state index is 13.9. The Morgan fingerprint density at radius 2 is 1.78 bits per heavy atom. The van der Waals surface area contributed by atoms with Gasteiger partial charge in [-0.2, -0.15) is 8.78 Å². The molecule has 3 rings (SSSR count). The van der Waals surface area contributed by atoms with E-state index in [-0.39, 0.29) is 16.6 Å². The molecule has 1 heterocycles. The van der Waals surface area contributed by atoms with Crippen molar-refractivity contribution in [1.29, 1.82) is 0 Å². The van der Waals surface area contributed by atoms with Gasteiger partial charge in [-0.1, -0.05) is 12.1 Å². The van der Waals surface area contributed by atoms with Gasteiger partial charge in [0.2, 0.25) is 0 Å². The molecule has 0 aliphatic carbocycles. The monoisotopic (exact) mass is 380 g/mol. The smallest absolute Gasteiger partial charge is 0.358 e. The summed E-state index contributed by atoms with van der Waals surface area (Å²) >= 11 is 2.30. The van der Waals surface area contributed by atoms with E-state index in [4.69, 9.17) is 4.74 Å². The van der Waals surface area contributed by atoms with E-state index in [0.29, 0.717) is 5.75 Å². The fourth-order valence-corrected chi connectivity index (χ4v) is 2.56. The molecule has 0 bridgehead atoms. The predicted molar refractivity (Wildman–Crippen MR) is 86.7 cm³/mol. The fraction of sp³-hybridized carbons (Fsp3) is 0.125. The molecule has 0 amide bonds. The predicted octanol–water partition coefficient (Wildman–Crippen LogP) is 3.84. The summed E-state index contributed by atoms with van der Waals surface area (Å²) in [5.74, 6) is -0.117. The van der Waals surface area contributed by atoms with E-state index in [2.05, 4.69) is 20.9 Å². The molecule has 2 aromatic carbocycles. The molecule has 0 saturated carbocycles. The molecule has 0 fully saturated rings. The van der Waals surface area contributed by atoms with Gasteiger partial charge < -0.3 is 4.74 Å². The van der Waals surface area contributed by atoms with Crippen molar-refractivity contribution in [3.8, 4) is 11.4 Å². The summed E-state index contributed by atoms with van der Waals surface area (Å²) in [5.41, 5.74) is -0.0607. The maximum atomic E-state index is 13.9. The first-order valence-electron chi connectivity index (χ1n) is 6.65. The van der Waals surface area contributed by atoms with Crippen LogP contribution in [-0.4, -0.2) is 16.7 Å². The normalized spacial score (nSPS) is 11.7. The van der Waals surface area contributed by atoms with Crippen LogP contribution < -0.4 is 10.3 Å². The van der Waals surface area contributed by atoms with Gasteiger partial charge in [-0.25, -0.2) is 4.98 Å². The van der Waals surface area contributed by atoms with Crippen LogP contribution in [-0.2, 0) is 4.83 Å². The van der Waals surface area contributed by atoms with Crippen LogP contribution in [0.3, 0.4) is 0 Å². The third-order valence-corrected chi connectivity index (χ3v) is 3.71. The van der Waals surface area contributed by atoms with Crippen molar-refractivity contribution in [2.45, 2.75) is 4.83 Å². The van der Waals surface area contributed by atoms with E-state index in [0.717, 1.165) is 4.57 Å². The van der Waals surface area contributed by atoms with Gasteiger partial charge in [0.25, 0.3) is 5.56 Å². The fourth-order valence-electron chi connectivity index (χ4n) is 2.29. The van der Waals surface area contributed by atoms with E-state index in [1.165, 1.54) is 25.3 Å². The molecule has 0 unspecified atom stereocenters. The molecule has 0 atom stereocenters. The highest BCUT2D eigenvalue weighted by Gasteiger charge is 2.34. The molecule has 0 spiro atoms. The number of halogens is 3. The molecule has 3 aromatic rings. The van der Waals surface area contributed by atoms with Crippen LogP contribution in [0, 0.1) is 0 Å². The molecule has 0 aliphatic heterocycles. The van der Waals surface area contributed by atoms with Gasteiger partial charge in [0, 0.05) is 0 Å². The summed E-state index contributed by atoms with van der Waals surface area (Å²) in [4.78, 5) is 13.2. The number of methoxy groups -OCH3 is 1. The third-order valence-electron chi connectivity index (χ3n) is 3.36. The first-order chi connectivity index (χ1) is 10.9. The van der Waals surface area contributed by atoms with E-state index in [1.807, 2.05) is 0 Å². The number of hydrogen-bond donors (Lipinski definition) is 0. The van der Waals surface area contributed by atoms with Crippen molar-refractivity contribution < 1.29 is 13.5 Å². The number of nitrogens with zero attached hydrogens (tertiary/aromatic N) is 2. The zero-order valence-electron chi connectivity index (χ0n) is 12.0. The number of para-hydroxylation sites is 1. The number of benzene rings is 2. The first kappa shape index (κ1) is 15.6. The second-order valence-electron chi connectivity index (χ2n) is 4.79. The molecular weight excluding hydrogens is 370 g/mol. The molecule has 0 saturated heterocycles. The Morgan fingerprint density at radius 3 is 2.39 bits per heavy atom. The minimum Gasteiger partial charge on any atom is -0.497 e. The van der Waals surface area contributed by atoms with Gasteiger partial charge in [-0.15, -0.1) is 0 Å². The Balaban J connectivity index is 2.36. The van der Waals surface area contributed by atoms with Crippen LogP contribution in [0.4, 0.5) is 8.78 Å². The number of aromatic nitrogens is 2. The lowest BCUT2D eigenvalue weighted by atomic mass is 10.2. The van der Waals surface area contributed by atoms with E-state index in [1.54, 1.807) is 30.3 Å². The minimum atomic E-state index is -3.45. The van der Waals surface area contributed by atoms with E-state index < -0.39 is 16.2 Å². The summed E-state index contributed by atoms with van der Waals surface area (Å²) in [6.45, 7) is 0. The molecule has 118 valence electrons. The summed E-state index contributed by atoms with van der Waals surface area (Å²) in [6, 6.07) is 12.6. The maximum Gasteiger partial charge on any atom is 0.358 e. The Hall–Kier alpha value is -2.28. The summed E-state index contributed by atoms with van der Waals surface area (Å²) in [7, 11) is 1.50. The molecular formula is C16H11BrF2N2O2. The van der Waals surface area contributed by atoms with Gasteiger partial charge >= 0.3 is 4.83 Å². The van der Waals surface area contributed by atoms with Crippen LogP contribution in [0.15, 0.2) is 53.3 Å². The van der Waals surface area contributed by atoms with Gasteiger partial charge in [0.1, 0.15) is 5.75 Å². The highest BCUT2D eigenvalue weighted by atomic mass is 79.9. The number of rotatable bonds is 3. The van der Waals surface area contributed by atoms with Gasteiger partial charge in [-0.05, 0) is 52.3 Å². The lowest BCUT2D eigenvalue weighted by molar-refractivity contribution is 0.101. The largest absolute Gasteiger partial charge is 0.497 e. The first-order valence-corrected chi connectivity index (χ1v) is 7.44. The topological polar surface area (TPSA) is 44.1 Å². The quantitative estimate of drug-likeness (QED) is 0.648. The Kier molecular flexibility index (Phi) is 3.89. The molecule has 4 nitrogen and oxygen atoms in total. The van der Waals surface area contributed by atoms with Crippen LogP contribution in [0.1, 0.15) is 5.82 Å². The molecule has 7 heteroatoms. The number of alkyl halides is 3. The lowest BCUT2D eigenvalue weighted by Crippen LogP contribution is -2.28. The van der Waals surface area contributed by atoms with Gasteiger partial charge in [-0.3, -0.25) is 9.36 Å². The van der Waals surface area contributed by atoms with Crippen LogP contribution in [0.5, 0.6) is 5.75 Å². The van der Waals surface area contributed by atoms with E-state index >= 15 is 0 Å². The Morgan fingerprint density at radius 1 is 1.13 bits per heavy atom. The molecule has 1 aromatic heterocycles. The summed E-state index contributed by atoms with van der Waals surface area (Å²) < 4.78 is 33.8. The van der Waals surface area contributed by atoms with Gasteiger partial charge in [0.15, 0.2) is 5.82 Å². The average molecular weight is 381 g/mol.